The van der Waals surface area contributed by atoms with Crippen molar-refractivity contribution in [3.63, 3.8) is 0 Å². The van der Waals surface area contributed by atoms with Crippen molar-refractivity contribution < 1.29 is 62.6 Å². The van der Waals surface area contributed by atoms with Gasteiger partial charge in [-0.3, -0.25) is 25.1 Å². The van der Waals surface area contributed by atoms with Crippen LogP contribution in [0.1, 0.15) is 71.1 Å². The van der Waals surface area contributed by atoms with E-state index in [2.05, 4.69) is 31.7 Å². The van der Waals surface area contributed by atoms with Crippen LogP contribution in [0.15, 0.2) is 60.3 Å². The minimum atomic E-state index is -2.12. The van der Waals surface area contributed by atoms with Crippen LogP contribution >= 0.6 is 11.6 Å². The minimum Gasteiger partial charge on any atom is -0.495 e. The van der Waals surface area contributed by atoms with E-state index in [9.17, 15) is 34.2 Å². The van der Waals surface area contributed by atoms with Gasteiger partial charge < -0.3 is 58.3 Å². The summed E-state index contributed by atoms with van der Waals surface area (Å²) in [7, 11) is 8.25. The van der Waals surface area contributed by atoms with Gasteiger partial charge >= 0.3 is 12.1 Å². The van der Waals surface area contributed by atoms with E-state index in [1.165, 1.54) is 37.0 Å². The van der Waals surface area contributed by atoms with Crippen molar-refractivity contribution in [3.05, 3.63) is 76.6 Å². The van der Waals surface area contributed by atoms with Gasteiger partial charge in [-0.05, 0) is 77.1 Å². The Morgan fingerprint density at radius 2 is 1.81 bits per heavy atom. The number of benzene rings is 1. The number of aromatic nitrogens is 2. The van der Waals surface area contributed by atoms with E-state index in [-0.39, 0.29) is 69.5 Å². The van der Waals surface area contributed by atoms with E-state index in [4.69, 9.17) is 40.0 Å². The second kappa shape index (κ2) is 24.6. The van der Waals surface area contributed by atoms with Gasteiger partial charge in [-0.25, -0.2) is 19.6 Å². The number of rotatable bonds is 19. The maximum Gasteiger partial charge on any atom is 0.409 e. The molecule has 7 atom stereocenters. The lowest BCUT2D eigenvalue weighted by atomic mass is 9.72. The van der Waals surface area contributed by atoms with E-state index in [0.717, 1.165) is 27.9 Å². The summed E-state index contributed by atoms with van der Waals surface area (Å²) in [5.74, 6) is -1.50. The maximum atomic E-state index is 14.3. The van der Waals surface area contributed by atoms with Crippen LogP contribution in [0, 0.1) is 0 Å². The number of likely N-dealkylation sites (N-methyl/N-ethyl adjacent to an activating group) is 1. The number of aryl methyl sites for hydroxylation is 1. The number of carbonyl (C=O) groups is 5. The molecule has 4 amide bonds. The second-order valence-corrected chi connectivity index (χ2v) is 19.7. The van der Waals surface area contributed by atoms with E-state index >= 15 is 0 Å². The summed E-state index contributed by atoms with van der Waals surface area (Å²) in [6, 6.07) is 8.36. The van der Waals surface area contributed by atoms with Gasteiger partial charge in [-0.1, -0.05) is 35.4 Å². The number of nitrogens with zero attached hydrogens (tertiary/aromatic N) is 5. The number of esters is 1. The van der Waals surface area contributed by atoms with Crippen molar-refractivity contribution in [2.75, 3.05) is 73.2 Å². The van der Waals surface area contributed by atoms with E-state index in [0.29, 0.717) is 37.5 Å². The Balaban J connectivity index is 1.02. The third-order valence-corrected chi connectivity index (χ3v) is 14.1. The second-order valence-electron chi connectivity index (χ2n) is 19.3. The number of ether oxygens (including phenoxy) is 6. The van der Waals surface area contributed by atoms with Gasteiger partial charge in [0, 0.05) is 70.8 Å². The summed E-state index contributed by atoms with van der Waals surface area (Å²) in [4.78, 5) is 74.2. The molecule has 73 heavy (non-hydrogen) atoms. The molecule has 4 aliphatic heterocycles. The Morgan fingerprint density at radius 3 is 2.52 bits per heavy atom. The number of halogens is 1. The van der Waals surface area contributed by atoms with Gasteiger partial charge in [0.1, 0.15) is 52.0 Å². The average molecular weight is 1040 g/mol. The van der Waals surface area contributed by atoms with Crippen molar-refractivity contribution in [2.45, 2.75) is 121 Å². The number of nitrogens with one attached hydrogen (secondary N) is 3. The Hall–Kier alpha value is -5.65. The fraction of sp³-hybridized carbons (Fsp3) is 0.569. The molecule has 2 fully saturated rings. The summed E-state index contributed by atoms with van der Waals surface area (Å²) in [6.45, 7) is 8.82. The number of fused-ring (bicyclic) bond motifs is 7. The fourth-order valence-electron chi connectivity index (χ4n) is 9.32. The quantitative estimate of drug-likeness (QED) is 0.0655. The molecular weight excluding hydrogens is 968 g/mol. The molecule has 5 N–H and O–H groups in total. The van der Waals surface area contributed by atoms with Crippen LogP contribution in [-0.2, 0) is 62.4 Å². The van der Waals surface area contributed by atoms with Crippen LogP contribution in [0.2, 0.25) is 5.02 Å². The molecule has 1 aromatic carbocycles. The van der Waals surface area contributed by atoms with Crippen molar-refractivity contribution in [1.29, 1.82) is 0 Å². The number of hydrogen-bond donors (Lipinski definition) is 5. The van der Waals surface area contributed by atoms with Crippen molar-refractivity contribution in [3.8, 4) is 5.75 Å². The van der Waals surface area contributed by atoms with Crippen LogP contribution in [0.5, 0.6) is 5.75 Å². The molecule has 3 aromatic rings. The molecule has 21 nitrogen and oxygen atoms in total. The van der Waals surface area contributed by atoms with Gasteiger partial charge in [-0.15, -0.1) is 0 Å². The van der Waals surface area contributed by atoms with Crippen molar-refractivity contribution in [1.82, 2.24) is 35.5 Å². The Bertz CT molecular complexity index is 2530. The molecule has 400 valence electrons. The van der Waals surface area contributed by atoms with Crippen LogP contribution in [0.4, 0.5) is 10.5 Å². The van der Waals surface area contributed by atoms with Crippen LogP contribution < -0.4 is 25.7 Å². The topological polar surface area (TPSA) is 245 Å². The highest BCUT2D eigenvalue weighted by atomic mass is 35.5. The SMILES string of the molecule is CNN(C)Cc1cc2cccnc2n1CCC(=O)NCCOCCOCCC(=O)N(C)[C@@H](C)C(=O)O[C@H]1CC(=O)N(C)c2cc(cc(OC)c2Cl)C/C(C)=C/C=C/[C@@H](O)[C@@]2(O)C[C@H](OC(=O)N2)[C@@]2(C)C[C@@]1(C)O2. The van der Waals surface area contributed by atoms with Gasteiger partial charge in [0.25, 0.3) is 0 Å². The third kappa shape index (κ3) is 13.9. The summed E-state index contributed by atoms with van der Waals surface area (Å²) in [5.41, 5.74) is 2.17. The first kappa shape index (κ1) is 56.6. The van der Waals surface area contributed by atoms with Crippen LogP contribution in [0.3, 0.4) is 0 Å². The smallest absolute Gasteiger partial charge is 0.409 e. The Kier molecular flexibility index (Phi) is 19.1. The third-order valence-electron chi connectivity index (χ3n) is 13.7. The standard InChI is InChI=1S/C51H71ClN8O13/c1-32-12-10-14-39(61)51(67)29-41(72-48(66)56-51)50(4)31-49(3,73-50)40(28-44(64)59(8)37-25-34(24-32)26-38(68-9)45(37)52)71-47(65)33(2)58(7)43(63)16-20-69-22-23-70-21-18-54-42(62)15-19-60-36(30-57(6)53-5)27-35-13-11-17-55-46(35)60/h10-14,17,25-27,33,39-41,53,61,67H,15-16,18-24,28-31H2,1-9H3,(H,54,62)(H,56,66)/b14-10+,32-12+/t33-,39+,40-,41-,49+,50+,51-/m0/s1. The zero-order valence-electron chi connectivity index (χ0n) is 43.2. The van der Waals surface area contributed by atoms with Gasteiger partial charge in [0.2, 0.25) is 17.7 Å². The molecule has 0 aliphatic carbocycles. The number of pyridine rings is 1. The largest absolute Gasteiger partial charge is 0.495 e. The lowest BCUT2D eigenvalue weighted by Gasteiger charge is -2.59. The zero-order valence-corrected chi connectivity index (χ0v) is 44.0. The number of carbonyl (C=O) groups excluding carboxylic acids is 5. The van der Waals surface area contributed by atoms with Crippen LogP contribution in [-0.4, -0.2) is 169 Å². The van der Waals surface area contributed by atoms with E-state index in [1.807, 2.05) is 38.2 Å². The molecule has 2 saturated heterocycles. The first-order valence-electron chi connectivity index (χ1n) is 24.4. The molecule has 6 heterocycles. The zero-order chi connectivity index (χ0) is 53.3. The molecule has 0 radical (unpaired) electrons. The van der Waals surface area contributed by atoms with Gasteiger partial charge in [-0.2, -0.15) is 0 Å². The predicted molar refractivity (Wildman–Crippen MR) is 270 cm³/mol. The number of hydrogen-bond acceptors (Lipinski definition) is 16. The Morgan fingerprint density at radius 1 is 1.08 bits per heavy atom. The van der Waals surface area contributed by atoms with Crippen molar-refractivity contribution in [2.24, 2.45) is 0 Å². The number of allylic oxidation sites excluding steroid dienone is 3. The highest BCUT2D eigenvalue weighted by molar-refractivity contribution is 6.35. The molecule has 0 saturated carbocycles. The summed E-state index contributed by atoms with van der Waals surface area (Å²) in [6.07, 6.45) is 1.63. The lowest BCUT2D eigenvalue weighted by Crippen LogP contribution is -2.72. The maximum absolute atomic E-state index is 14.3. The molecule has 0 spiro atoms. The number of methoxy groups -OCH3 is 1. The molecule has 7 rings (SSSR count). The Labute approximate surface area is 431 Å². The highest BCUT2D eigenvalue weighted by Gasteiger charge is 2.63. The van der Waals surface area contributed by atoms with Gasteiger partial charge in [0.05, 0.1) is 58.6 Å². The molecule has 22 heteroatoms. The van der Waals surface area contributed by atoms with Crippen molar-refractivity contribution >= 4 is 58.1 Å². The highest BCUT2D eigenvalue weighted by Crippen LogP contribution is 2.50. The minimum absolute atomic E-state index is 0.0438. The molecular formula is C51H71ClN8O13. The number of aliphatic hydroxyl groups excluding tert-OH is 1. The van der Waals surface area contributed by atoms with E-state index in [1.54, 1.807) is 51.4 Å². The molecule has 6 bridgehead atoms. The average Bonchev–Trinajstić information content (AvgIpc) is 3.69. The number of hydrazine groups is 1. The number of alkyl carbamates (subject to hydrolysis) is 1. The summed E-state index contributed by atoms with van der Waals surface area (Å²) >= 11 is 6.78. The summed E-state index contributed by atoms with van der Waals surface area (Å²) < 4.78 is 37.1. The molecule has 0 unspecified atom stereocenters. The first-order valence-corrected chi connectivity index (χ1v) is 24.7. The normalized spacial score (nSPS) is 26.0. The van der Waals surface area contributed by atoms with Gasteiger partial charge in [0.15, 0.2) is 5.72 Å². The summed E-state index contributed by atoms with van der Waals surface area (Å²) in [5, 5.41) is 31.0. The molecule has 4 aliphatic rings. The van der Waals surface area contributed by atoms with Crippen LogP contribution in [0.25, 0.3) is 11.0 Å². The number of aliphatic hydroxyl groups is 2. The van der Waals surface area contributed by atoms with E-state index < -0.39 is 65.2 Å². The molecule has 2 aromatic heterocycles. The number of amides is 4. The lowest BCUT2D eigenvalue weighted by molar-refractivity contribution is -0.328. The predicted octanol–water partition coefficient (Wildman–Crippen LogP) is 3.55. The number of anilines is 1. The fourth-order valence-corrected chi connectivity index (χ4v) is 9.63. The first-order chi connectivity index (χ1) is 34.6. The monoisotopic (exact) mass is 1040 g/mol.